The number of aliphatic carboxylic acids is 1. The van der Waals surface area contributed by atoms with E-state index in [2.05, 4.69) is 10.6 Å². The Labute approximate surface area is 113 Å². The quantitative estimate of drug-likeness (QED) is 0.678. The van der Waals surface area contributed by atoms with Gasteiger partial charge in [0, 0.05) is 19.1 Å². The smallest absolute Gasteiger partial charge is 0.326 e. The zero-order valence-corrected chi connectivity index (χ0v) is 11.8. The highest BCUT2D eigenvalue weighted by molar-refractivity contribution is 5.82. The maximum Gasteiger partial charge on any atom is 0.326 e. The van der Waals surface area contributed by atoms with E-state index in [0.717, 1.165) is 13.0 Å². The molecule has 110 valence electrons. The third-order valence-corrected chi connectivity index (χ3v) is 3.82. The highest BCUT2D eigenvalue weighted by atomic mass is 16.5. The number of hydrogen-bond donors (Lipinski definition) is 3. The molecule has 1 rings (SSSR count). The van der Waals surface area contributed by atoms with E-state index >= 15 is 0 Å². The molecule has 6 heteroatoms. The van der Waals surface area contributed by atoms with E-state index in [4.69, 9.17) is 9.84 Å². The Morgan fingerprint density at radius 2 is 2.16 bits per heavy atom. The average Bonchev–Trinajstić information content (AvgIpc) is 2.77. The van der Waals surface area contributed by atoms with Gasteiger partial charge in [0.25, 0.3) is 0 Å². The molecule has 1 saturated heterocycles. The van der Waals surface area contributed by atoms with Crippen LogP contribution in [0.2, 0.25) is 0 Å². The minimum absolute atomic E-state index is 0.100. The second kappa shape index (κ2) is 7.33. The first-order valence-corrected chi connectivity index (χ1v) is 6.84. The molecule has 1 heterocycles. The molecule has 6 nitrogen and oxygen atoms in total. The van der Waals surface area contributed by atoms with Crippen LogP contribution in [0.3, 0.4) is 0 Å². The lowest BCUT2D eigenvalue weighted by atomic mass is 9.99. The second-order valence-electron chi connectivity index (χ2n) is 5.18. The van der Waals surface area contributed by atoms with Crippen molar-refractivity contribution in [3.63, 3.8) is 0 Å². The second-order valence-corrected chi connectivity index (χ2v) is 5.18. The van der Waals surface area contributed by atoms with Gasteiger partial charge in [0.05, 0.1) is 6.10 Å². The molecule has 2 amide bonds. The Kier molecular flexibility index (Phi) is 6.08. The number of urea groups is 1. The van der Waals surface area contributed by atoms with Crippen LogP contribution in [0.25, 0.3) is 0 Å². The molecule has 0 aromatic carbocycles. The Morgan fingerprint density at radius 3 is 2.63 bits per heavy atom. The third kappa shape index (κ3) is 4.70. The SMILES string of the molecule is CC[C@H](C)[C@H](NC(=O)NCC1CCOC1C)C(=O)O. The number of carboxylic acids is 1. The van der Waals surface area contributed by atoms with Crippen molar-refractivity contribution in [3.8, 4) is 0 Å². The van der Waals surface area contributed by atoms with Crippen LogP contribution < -0.4 is 10.6 Å². The minimum atomic E-state index is -0.998. The van der Waals surface area contributed by atoms with Gasteiger partial charge in [0.1, 0.15) is 6.04 Å². The molecule has 3 N–H and O–H groups in total. The summed E-state index contributed by atoms with van der Waals surface area (Å²) < 4.78 is 5.41. The van der Waals surface area contributed by atoms with E-state index < -0.39 is 18.0 Å². The van der Waals surface area contributed by atoms with E-state index in [-0.39, 0.29) is 12.0 Å². The molecule has 4 atom stereocenters. The molecular weight excluding hydrogens is 248 g/mol. The number of nitrogens with one attached hydrogen (secondary N) is 2. The number of amides is 2. The summed E-state index contributed by atoms with van der Waals surface area (Å²) in [5, 5.41) is 14.3. The van der Waals surface area contributed by atoms with E-state index in [1.807, 2.05) is 20.8 Å². The summed E-state index contributed by atoms with van der Waals surface area (Å²) in [7, 11) is 0. The van der Waals surface area contributed by atoms with E-state index in [9.17, 15) is 9.59 Å². The van der Waals surface area contributed by atoms with Crippen LogP contribution in [-0.4, -0.2) is 42.4 Å². The van der Waals surface area contributed by atoms with Gasteiger partial charge in [0.15, 0.2) is 0 Å². The molecule has 19 heavy (non-hydrogen) atoms. The van der Waals surface area contributed by atoms with Crippen LogP contribution in [0.15, 0.2) is 0 Å². The van der Waals surface area contributed by atoms with Crippen molar-refractivity contribution in [1.82, 2.24) is 10.6 Å². The van der Waals surface area contributed by atoms with Crippen LogP contribution in [0.1, 0.15) is 33.6 Å². The van der Waals surface area contributed by atoms with Gasteiger partial charge in [0.2, 0.25) is 0 Å². The fourth-order valence-electron chi connectivity index (χ4n) is 2.14. The maximum absolute atomic E-state index is 11.7. The maximum atomic E-state index is 11.7. The van der Waals surface area contributed by atoms with Crippen LogP contribution in [0, 0.1) is 11.8 Å². The highest BCUT2D eigenvalue weighted by Crippen LogP contribution is 2.19. The van der Waals surface area contributed by atoms with Crippen LogP contribution >= 0.6 is 0 Å². The lowest BCUT2D eigenvalue weighted by molar-refractivity contribution is -0.140. The standard InChI is InChI=1S/C13H24N2O4/c1-4-8(2)11(12(16)17)15-13(18)14-7-10-5-6-19-9(10)3/h8-11H,4-7H2,1-3H3,(H,16,17)(H2,14,15,18)/t8-,9?,10?,11-/m0/s1. The molecular formula is C13H24N2O4. The van der Waals surface area contributed by atoms with Crippen LogP contribution in [0.5, 0.6) is 0 Å². The van der Waals surface area contributed by atoms with E-state index in [0.29, 0.717) is 18.9 Å². The zero-order valence-electron chi connectivity index (χ0n) is 11.8. The van der Waals surface area contributed by atoms with Gasteiger partial charge in [-0.1, -0.05) is 20.3 Å². The molecule has 2 unspecified atom stereocenters. The molecule has 0 aromatic rings. The van der Waals surface area contributed by atoms with Gasteiger partial charge < -0.3 is 20.5 Å². The molecule has 1 aliphatic heterocycles. The molecule has 1 aliphatic rings. The van der Waals surface area contributed by atoms with Crippen molar-refractivity contribution in [2.75, 3.05) is 13.2 Å². The summed E-state index contributed by atoms with van der Waals surface area (Å²) in [6.07, 6.45) is 1.77. The molecule has 0 aromatic heterocycles. The predicted molar refractivity (Wildman–Crippen MR) is 70.9 cm³/mol. The lowest BCUT2D eigenvalue weighted by Crippen LogP contribution is -2.50. The Bertz CT molecular complexity index is 322. The molecule has 0 spiro atoms. The third-order valence-electron chi connectivity index (χ3n) is 3.82. The van der Waals surface area contributed by atoms with Crippen molar-refractivity contribution >= 4 is 12.0 Å². The van der Waals surface area contributed by atoms with Crippen LogP contribution in [-0.2, 0) is 9.53 Å². The zero-order chi connectivity index (χ0) is 14.4. The van der Waals surface area contributed by atoms with Crippen LogP contribution in [0.4, 0.5) is 4.79 Å². The first-order chi connectivity index (χ1) is 8.95. The minimum Gasteiger partial charge on any atom is -0.480 e. The van der Waals surface area contributed by atoms with Gasteiger partial charge >= 0.3 is 12.0 Å². The Morgan fingerprint density at radius 1 is 1.47 bits per heavy atom. The van der Waals surface area contributed by atoms with Gasteiger partial charge in [-0.15, -0.1) is 0 Å². The average molecular weight is 272 g/mol. The topological polar surface area (TPSA) is 87.7 Å². The largest absolute Gasteiger partial charge is 0.480 e. The van der Waals surface area contributed by atoms with Gasteiger partial charge in [-0.25, -0.2) is 9.59 Å². The van der Waals surface area contributed by atoms with E-state index in [1.54, 1.807) is 0 Å². The summed E-state index contributed by atoms with van der Waals surface area (Å²) in [6.45, 7) is 6.93. The highest BCUT2D eigenvalue weighted by Gasteiger charge is 2.27. The first-order valence-electron chi connectivity index (χ1n) is 6.84. The number of carboxylic acid groups (broad SMARTS) is 1. The van der Waals surface area contributed by atoms with Crippen molar-refractivity contribution in [3.05, 3.63) is 0 Å². The van der Waals surface area contributed by atoms with Gasteiger partial charge in [-0.3, -0.25) is 0 Å². The number of rotatable bonds is 6. The summed E-state index contributed by atoms with van der Waals surface area (Å²) >= 11 is 0. The Balaban J connectivity index is 2.38. The first kappa shape index (κ1) is 15.8. The number of hydrogen-bond acceptors (Lipinski definition) is 3. The normalized spacial score (nSPS) is 25.6. The number of carbonyl (C=O) groups is 2. The lowest BCUT2D eigenvalue weighted by Gasteiger charge is -2.21. The predicted octanol–water partition coefficient (Wildman–Crippen LogP) is 1.21. The van der Waals surface area contributed by atoms with Gasteiger partial charge in [-0.05, 0) is 19.3 Å². The van der Waals surface area contributed by atoms with Crippen molar-refractivity contribution < 1.29 is 19.4 Å². The van der Waals surface area contributed by atoms with Crippen molar-refractivity contribution in [2.45, 2.75) is 45.8 Å². The molecule has 0 saturated carbocycles. The summed E-state index contributed by atoms with van der Waals surface area (Å²) in [4.78, 5) is 22.8. The van der Waals surface area contributed by atoms with Gasteiger partial charge in [-0.2, -0.15) is 0 Å². The fraction of sp³-hybridized carbons (Fsp3) is 0.846. The van der Waals surface area contributed by atoms with Crippen molar-refractivity contribution in [1.29, 1.82) is 0 Å². The summed E-state index contributed by atoms with van der Waals surface area (Å²) in [5.41, 5.74) is 0. The molecule has 0 aliphatic carbocycles. The number of ether oxygens (including phenoxy) is 1. The molecule has 0 bridgehead atoms. The molecule has 0 radical (unpaired) electrons. The van der Waals surface area contributed by atoms with E-state index in [1.165, 1.54) is 0 Å². The summed E-state index contributed by atoms with van der Waals surface area (Å²) in [6, 6.07) is -1.27. The number of carbonyl (C=O) groups excluding carboxylic acids is 1. The Hall–Kier alpha value is -1.30. The monoisotopic (exact) mass is 272 g/mol. The van der Waals surface area contributed by atoms with Crippen molar-refractivity contribution in [2.24, 2.45) is 11.8 Å². The summed E-state index contributed by atoms with van der Waals surface area (Å²) in [5.74, 6) is -0.795. The fourth-order valence-corrected chi connectivity index (χ4v) is 2.14. The molecule has 1 fully saturated rings.